The lowest BCUT2D eigenvalue weighted by Crippen LogP contribution is -2.38. The molecule has 2 amide bonds. The number of halogens is 1. The zero-order valence-electron chi connectivity index (χ0n) is 16.5. The fourth-order valence-corrected chi connectivity index (χ4v) is 4.83. The minimum atomic E-state index is 0. The molecule has 0 spiro atoms. The van der Waals surface area contributed by atoms with Gasteiger partial charge in [0.25, 0.3) is 5.91 Å². The van der Waals surface area contributed by atoms with Gasteiger partial charge in [-0.15, -0.1) is 24.2 Å². The van der Waals surface area contributed by atoms with Crippen LogP contribution in [0.1, 0.15) is 22.3 Å². The first kappa shape index (κ1) is 21.7. The van der Waals surface area contributed by atoms with Gasteiger partial charge in [0, 0.05) is 36.8 Å². The maximum atomic E-state index is 13.0. The predicted molar refractivity (Wildman–Crippen MR) is 120 cm³/mol. The minimum absolute atomic E-state index is 0. The second-order valence-electron chi connectivity index (χ2n) is 7.27. The van der Waals surface area contributed by atoms with E-state index >= 15 is 0 Å². The second kappa shape index (κ2) is 9.65. The molecule has 0 bridgehead atoms. The highest BCUT2D eigenvalue weighted by atomic mass is 35.5. The van der Waals surface area contributed by atoms with Gasteiger partial charge in [0.1, 0.15) is 0 Å². The molecule has 5 nitrogen and oxygen atoms in total. The van der Waals surface area contributed by atoms with Crippen molar-refractivity contribution in [2.75, 3.05) is 37.3 Å². The molecule has 0 radical (unpaired) electrons. The van der Waals surface area contributed by atoms with Crippen molar-refractivity contribution in [3.63, 3.8) is 0 Å². The largest absolute Gasteiger partial charge is 0.337 e. The van der Waals surface area contributed by atoms with E-state index in [4.69, 9.17) is 0 Å². The molecule has 1 N–H and O–H groups in total. The third-order valence-electron chi connectivity index (χ3n) is 5.56. The number of likely N-dealkylation sites (N-methyl/N-ethyl adjacent to an activating group) is 1. The average molecular weight is 432 g/mol. The standard InChI is InChI=1S/C22H25N3O2S.ClH/c1-24(17-10-12-23-14-17)22(27)18-7-3-5-9-20(18)28-15-21(26)25-13-11-16-6-2-4-8-19(16)25;/h2-9,17,23H,10-15H2,1H3;1H. The van der Waals surface area contributed by atoms with Gasteiger partial charge in [0.05, 0.1) is 11.3 Å². The van der Waals surface area contributed by atoms with Crippen molar-refractivity contribution < 1.29 is 9.59 Å². The molecule has 2 aliphatic heterocycles. The van der Waals surface area contributed by atoms with Crippen molar-refractivity contribution in [2.24, 2.45) is 0 Å². The Bertz CT molecular complexity index is 886. The highest BCUT2D eigenvalue weighted by Crippen LogP contribution is 2.30. The fraction of sp³-hybridized carbons (Fsp3) is 0.364. The number of hydrogen-bond acceptors (Lipinski definition) is 4. The van der Waals surface area contributed by atoms with Crippen LogP contribution in [-0.4, -0.2) is 55.2 Å². The molecule has 1 saturated heterocycles. The van der Waals surface area contributed by atoms with Crippen molar-refractivity contribution in [3.8, 4) is 0 Å². The monoisotopic (exact) mass is 431 g/mol. The predicted octanol–water partition coefficient (Wildman–Crippen LogP) is 3.22. The Balaban J connectivity index is 0.00000240. The highest BCUT2D eigenvalue weighted by Gasteiger charge is 2.27. The van der Waals surface area contributed by atoms with Gasteiger partial charge in [-0.2, -0.15) is 0 Å². The summed E-state index contributed by atoms with van der Waals surface area (Å²) in [6, 6.07) is 15.9. The minimum Gasteiger partial charge on any atom is -0.337 e. The summed E-state index contributed by atoms with van der Waals surface area (Å²) in [4.78, 5) is 30.4. The van der Waals surface area contributed by atoms with Crippen LogP contribution >= 0.6 is 24.2 Å². The van der Waals surface area contributed by atoms with E-state index in [1.54, 1.807) is 0 Å². The summed E-state index contributed by atoms with van der Waals surface area (Å²) < 4.78 is 0. The summed E-state index contributed by atoms with van der Waals surface area (Å²) in [5, 5.41) is 3.30. The van der Waals surface area contributed by atoms with Crippen LogP contribution in [0.25, 0.3) is 0 Å². The number of hydrogen-bond donors (Lipinski definition) is 1. The Morgan fingerprint density at radius 1 is 1.17 bits per heavy atom. The lowest BCUT2D eigenvalue weighted by molar-refractivity contribution is -0.116. The normalized spacial score (nSPS) is 17.6. The number of carbonyl (C=O) groups excluding carboxylic acids is 2. The number of fused-ring (bicyclic) bond motifs is 1. The summed E-state index contributed by atoms with van der Waals surface area (Å²) in [5.41, 5.74) is 2.92. The molecule has 2 aromatic carbocycles. The van der Waals surface area contributed by atoms with Crippen molar-refractivity contribution >= 4 is 41.7 Å². The van der Waals surface area contributed by atoms with Crippen LogP contribution in [0.15, 0.2) is 53.4 Å². The molecular formula is C22H26ClN3O2S. The van der Waals surface area contributed by atoms with Gasteiger partial charge in [0.2, 0.25) is 5.91 Å². The number of thioether (sulfide) groups is 1. The number of benzene rings is 2. The van der Waals surface area contributed by atoms with Gasteiger partial charge >= 0.3 is 0 Å². The van der Waals surface area contributed by atoms with Gasteiger partial charge in [-0.3, -0.25) is 9.59 Å². The first-order valence-corrected chi connectivity index (χ1v) is 10.7. The Morgan fingerprint density at radius 2 is 1.93 bits per heavy atom. The van der Waals surface area contributed by atoms with Gasteiger partial charge < -0.3 is 15.1 Å². The number of amides is 2. The lowest BCUT2D eigenvalue weighted by atomic mass is 10.1. The molecule has 4 rings (SSSR count). The molecule has 1 atom stereocenters. The summed E-state index contributed by atoms with van der Waals surface area (Å²) >= 11 is 1.45. The van der Waals surface area contributed by atoms with Gasteiger partial charge in [-0.25, -0.2) is 0 Å². The van der Waals surface area contributed by atoms with Crippen molar-refractivity contribution in [2.45, 2.75) is 23.8 Å². The van der Waals surface area contributed by atoms with E-state index in [1.165, 1.54) is 17.3 Å². The SMILES string of the molecule is CN(C(=O)c1ccccc1SCC(=O)N1CCc2ccccc21)C1CCNC1.Cl. The quantitative estimate of drug-likeness (QED) is 0.738. The van der Waals surface area contributed by atoms with Crippen LogP contribution in [0.3, 0.4) is 0 Å². The average Bonchev–Trinajstić information content (AvgIpc) is 3.41. The van der Waals surface area contributed by atoms with Crippen molar-refractivity contribution in [1.29, 1.82) is 0 Å². The number of anilines is 1. The number of para-hydroxylation sites is 1. The van der Waals surface area contributed by atoms with E-state index in [-0.39, 0.29) is 30.3 Å². The molecular weight excluding hydrogens is 406 g/mol. The Hall–Kier alpha value is -2.02. The van der Waals surface area contributed by atoms with E-state index in [1.807, 2.05) is 59.3 Å². The van der Waals surface area contributed by atoms with E-state index in [2.05, 4.69) is 11.4 Å². The van der Waals surface area contributed by atoms with Crippen LogP contribution in [0.4, 0.5) is 5.69 Å². The maximum absolute atomic E-state index is 13.0. The highest BCUT2D eigenvalue weighted by molar-refractivity contribution is 8.00. The van der Waals surface area contributed by atoms with Crippen LogP contribution in [-0.2, 0) is 11.2 Å². The molecule has 0 aromatic heterocycles. The first-order chi connectivity index (χ1) is 13.6. The lowest BCUT2D eigenvalue weighted by Gasteiger charge is -2.25. The summed E-state index contributed by atoms with van der Waals surface area (Å²) in [6.07, 6.45) is 1.88. The Morgan fingerprint density at radius 3 is 2.72 bits per heavy atom. The zero-order valence-corrected chi connectivity index (χ0v) is 18.1. The number of nitrogens with zero attached hydrogens (tertiary/aromatic N) is 2. The first-order valence-electron chi connectivity index (χ1n) is 9.73. The van der Waals surface area contributed by atoms with Gasteiger partial charge in [0.15, 0.2) is 0 Å². The summed E-state index contributed by atoms with van der Waals surface area (Å²) in [5.74, 6) is 0.439. The van der Waals surface area contributed by atoms with Crippen LogP contribution in [0.2, 0.25) is 0 Å². The molecule has 7 heteroatoms. The fourth-order valence-electron chi connectivity index (χ4n) is 3.91. The number of carbonyl (C=O) groups is 2. The van der Waals surface area contributed by atoms with Gasteiger partial charge in [-0.05, 0) is 43.1 Å². The smallest absolute Gasteiger partial charge is 0.255 e. The van der Waals surface area contributed by atoms with Crippen molar-refractivity contribution in [1.82, 2.24) is 10.2 Å². The van der Waals surface area contributed by atoms with E-state index in [0.29, 0.717) is 11.3 Å². The van der Waals surface area contributed by atoms with Crippen LogP contribution < -0.4 is 10.2 Å². The number of rotatable bonds is 5. The third-order valence-corrected chi connectivity index (χ3v) is 6.62. The number of nitrogens with one attached hydrogen (secondary N) is 1. The Kier molecular flexibility index (Phi) is 7.22. The summed E-state index contributed by atoms with van der Waals surface area (Å²) in [6.45, 7) is 2.52. The molecule has 2 aromatic rings. The van der Waals surface area contributed by atoms with Gasteiger partial charge in [-0.1, -0.05) is 30.3 Å². The van der Waals surface area contributed by atoms with Crippen molar-refractivity contribution in [3.05, 3.63) is 59.7 Å². The zero-order chi connectivity index (χ0) is 19.5. The topological polar surface area (TPSA) is 52.7 Å². The molecule has 0 saturated carbocycles. The molecule has 154 valence electrons. The summed E-state index contributed by atoms with van der Waals surface area (Å²) in [7, 11) is 1.87. The van der Waals surface area contributed by atoms with E-state index < -0.39 is 0 Å². The van der Waals surface area contributed by atoms with Crippen LogP contribution in [0.5, 0.6) is 0 Å². The molecule has 29 heavy (non-hydrogen) atoms. The molecule has 0 aliphatic carbocycles. The second-order valence-corrected chi connectivity index (χ2v) is 8.29. The Labute approximate surface area is 182 Å². The molecule has 1 unspecified atom stereocenters. The van der Waals surface area contributed by atoms with Crippen LogP contribution in [0, 0.1) is 0 Å². The molecule has 2 aliphatic rings. The third kappa shape index (κ3) is 4.60. The molecule has 2 heterocycles. The van der Waals surface area contributed by atoms with E-state index in [9.17, 15) is 9.59 Å². The molecule has 1 fully saturated rings. The maximum Gasteiger partial charge on any atom is 0.255 e. The van der Waals surface area contributed by atoms with E-state index in [0.717, 1.165) is 43.1 Å².